The zero-order valence-corrected chi connectivity index (χ0v) is 26.7. The van der Waals surface area contributed by atoms with Gasteiger partial charge in [0, 0.05) is 25.3 Å². The summed E-state index contributed by atoms with van der Waals surface area (Å²) in [5.41, 5.74) is 0.487. The molecule has 1 amide bonds. The molecular weight excluding hydrogens is 530 g/mol. The number of amides is 1. The van der Waals surface area contributed by atoms with Gasteiger partial charge in [0.1, 0.15) is 0 Å². The molecule has 0 N–H and O–H groups in total. The number of Topliss-reactive ketones (excluding diaryl/α,β-unsaturated/α-hetero) is 3. The molecule has 42 heavy (non-hydrogen) atoms. The van der Waals surface area contributed by atoms with Gasteiger partial charge in [-0.3, -0.25) is 24.0 Å². The number of esters is 1. The molecule has 1 saturated carbocycles. The monoisotopic (exact) mass is 581 g/mol. The number of rotatable bonds is 14. The first-order valence-corrected chi connectivity index (χ1v) is 15.9. The van der Waals surface area contributed by atoms with Crippen LogP contribution in [0.15, 0.2) is 30.3 Å². The summed E-state index contributed by atoms with van der Waals surface area (Å²) in [6.45, 7) is 13.7. The van der Waals surface area contributed by atoms with E-state index < -0.39 is 40.8 Å². The van der Waals surface area contributed by atoms with Crippen molar-refractivity contribution in [3.8, 4) is 0 Å². The second-order valence-electron chi connectivity index (χ2n) is 13.9. The summed E-state index contributed by atoms with van der Waals surface area (Å²) in [6, 6.07) is 9.03. The van der Waals surface area contributed by atoms with Gasteiger partial charge in [-0.05, 0) is 61.8 Å². The number of ketones is 3. The number of hydrogen-bond acceptors (Lipinski definition) is 6. The number of benzene rings is 1. The Morgan fingerprint density at radius 2 is 1.62 bits per heavy atom. The van der Waals surface area contributed by atoms with E-state index in [9.17, 15) is 24.0 Å². The quantitative estimate of drug-likeness (QED) is 0.188. The Labute approximate surface area is 252 Å². The molecule has 2 aliphatic rings. The van der Waals surface area contributed by atoms with Gasteiger partial charge in [-0.2, -0.15) is 0 Å². The van der Waals surface area contributed by atoms with Crippen LogP contribution in [0.3, 0.4) is 0 Å². The van der Waals surface area contributed by atoms with E-state index in [1.54, 1.807) is 18.7 Å². The molecule has 1 unspecified atom stereocenters. The maximum atomic E-state index is 14.1. The first-order chi connectivity index (χ1) is 19.7. The average molecular weight is 582 g/mol. The smallest absolute Gasteiger partial charge is 0.306 e. The highest BCUT2D eigenvalue weighted by Crippen LogP contribution is 2.45. The lowest BCUT2D eigenvalue weighted by atomic mass is 9.77. The summed E-state index contributed by atoms with van der Waals surface area (Å²) in [4.78, 5) is 69.0. The van der Waals surface area contributed by atoms with Gasteiger partial charge in [0.2, 0.25) is 11.7 Å². The number of fused-ring (bicyclic) bond motifs is 1. The zero-order valence-electron chi connectivity index (χ0n) is 26.7. The van der Waals surface area contributed by atoms with Crippen molar-refractivity contribution in [2.75, 3.05) is 6.54 Å². The van der Waals surface area contributed by atoms with Crippen molar-refractivity contribution in [1.29, 1.82) is 0 Å². The summed E-state index contributed by atoms with van der Waals surface area (Å²) in [5.74, 6) is -2.79. The lowest BCUT2D eigenvalue weighted by molar-refractivity contribution is -0.155. The van der Waals surface area contributed by atoms with Crippen LogP contribution in [0, 0.1) is 29.1 Å². The minimum absolute atomic E-state index is 0.0363. The lowest BCUT2D eigenvalue weighted by Crippen LogP contribution is -2.49. The Morgan fingerprint density at radius 3 is 2.21 bits per heavy atom. The van der Waals surface area contributed by atoms with E-state index in [0.717, 1.165) is 24.8 Å². The van der Waals surface area contributed by atoms with Crippen LogP contribution < -0.4 is 0 Å². The fourth-order valence-corrected chi connectivity index (χ4v) is 6.93. The van der Waals surface area contributed by atoms with E-state index in [0.29, 0.717) is 19.4 Å². The largest absolute Gasteiger partial charge is 0.463 e. The average Bonchev–Trinajstić information content (AvgIpc) is 3.51. The van der Waals surface area contributed by atoms with Gasteiger partial charge in [-0.15, -0.1) is 0 Å². The van der Waals surface area contributed by atoms with Crippen molar-refractivity contribution in [3.05, 3.63) is 35.9 Å². The highest BCUT2D eigenvalue weighted by atomic mass is 16.5. The Kier molecular flexibility index (Phi) is 11.7. The molecule has 7 heteroatoms. The highest BCUT2D eigenvalue weighted by Gasteiger charge is 2.51. The molecule has 1 saturated heterocycles. The van der Waals surface area contributed by atoms with E-state index in [-0.39, 0.29) is 54.8 Å². The van der Waals surface area contributed by atoms with E-state index in [2.05, 4.69) is 0 Å². The van der Waals surface area contributed by atoms with Crippen molar-refractivity contribution in [3.63, 3.8) is 0 Å². The minimum Gasteiger partial charge on any atom is -0.463 e. The maximum absolute atomic E-state index is 14.1. The van der Waals surface area contributed by atoms with Crippen LogP contribution in [0.4, 0.5) is 0 Å². The van der Waals surface area contributed by atoms with Gasteiger partial charge < -0.3 is 9.64 Å². The fraction of sp³-hybridized carbons (Fsp3) is 0.686. The Bertz CT molecular complexity index is 1120. The number of likely N-dealkylation sites (tertiary alicyclic amines) is 1. The van der Waals surface area contributed by atoms with Crippen molar-refractivity contribution < 1.29 is 28.7 Å². The van der Waals surface area contributed by atoms with Gasteiger partial charge in [-0.1, -0.05) is 77.8 Å². The summed E-state index contributed by atoms with van der Waals surface area (Å²) >= 11 is 0. The molecule has 0 spiro atoms. The summed E-state index contributed by atoms with van der Waals surface area (Å²) in [5, 5.41) is 0. The van der Waals surface area contributed by atoms with Crippen LogP contribution in [-0.2, 0) is 28.7 Å². The maximum Gasteiger partial charge on any atom is 0.306 e. The standard InChI is InChI=1S/C35H51NO6/c1-8-13-25(33(40)30(38)18-23(4)24-14-10-9-11-15-24)19-29(37)32-27-17-12-16-26(27)21-36(32)34(41)28(35(5,6)7)20-31(39)42-22(2)3/h9-11,14-15,22-23,25-28,32H,8,12-13,16-21H2,1-7H3/t23-,25?,26+,27+,28-,32+/m1/s1. The van der Waals surface area contributed by atoms with Gasteiger partial charge in [0.05, 0.1) is 24.5 Å². The number of carbonyl (C=O) groups is 5. The van der Waals surface area contributed by atoms with Crippen molar-refractivity contribution in [2.24, 2.45) is 29.1 Å². The fourth-order valence-electron chi connectivity index (χ4n) is 6.93. The lowest BCUT2D eigenvalue weighted by Gasteiger charge is -2.36. The molecular formula is C35H51NO6. The van der Waals surface area contributed by atoms with Gasteiger partial charge in [0.15, 0.2) is 11.6 Å². The Balaban J connectivity index is 1.79. The number of nitrogens with zero attached hydrogens (tertiary/aromatic N) is 1. The van der Waals surface area contributed by atoms with Crippen LogP contribution in [0.25, 0.3) is 0 Å². The third-order valence-electron chi connectivity index (χ3n) is 9.18. The molecule has 7 nitrogen and oxygen atoms in total. The Hall–Kier alpha value is -2.83. The minimum atomic E-state index is -0.685. The number of hydrogen-bond donors (Lipinski definition) is 0. The number of carbonyl (C=O) groups excluding carboxylic acids is 5. The molecule has 0 bridgehead atoms. The summed E-state index contributed by atoms with van der Waals surface area (Å²) in [7, 11) is 0. The normalized spacial score (nSPS) is 22.4. The molecule has 1 aromatic rings. The van der Waals surface area contributed by atoms with Crippen molar-refractivity contribution >= 4 is 29.2 Å². The van der Waals surface area contributed by atoms with Crippen molar-refractivity contribution in [2.45, 2.75) is 118 Å². The Morgan fingerprint density at radius 1 is 0.952 bits per heavy atom. The molecule has 3 rings (SSSR count). The highest BCUT2D eigenvalue weighted by molar-refractivity contribution is 6.38. The van der Waals surface area contributed by atoms with E-state index in [1.165, 1.54) is 0 Å². The van der Waals surface area contributed by atoms with Crippen LogP contribution in [-0.4, -0.2) is 52.8 Å². The van der Waals surface area contributed by atoms with Crippen LogP contribution in [0.2, 0.25) is 0 Å². The van der Waals surface area contributed by atoms with Crippen LogP contribution in [0.5, 0.6) is 0 Å². The van der Waals surface area contributed by atoms with Gasteiger partial charge >= 0.3 is 5.97 Å². The molecule has 1 aliphatic heterocycles. The molecule has 1 heterocycles. The molecule has 0 radical (unpaired) electrons. The summed E-state index contributed by atoms with van der Waals surface area (Å²) in [6.07, 6.45) is 3.71. The molecule has 0 aromatic heterocycles. The topological polar surface area (TPSA) is 97.8 Å². The van der Waals surface area contributed by atoms with E-state index in [4.69, 9.17) is 4.74 Å². The van der Waals surface area contributed by atoms with Gasteiger partial charge in [0.25, 0.3) is 0 Å². The second kappa shape index (κ2) is 14.6. The van der Waals surface area contributed by atoms with E-state index in [1.807, 2.05) is 65.0 Å². The van der Waals surface area contributed by atoms with Crippen LogP contribution in [0.1, 0.15) is 111 Å². The third kappa shape index (κ3) is 8.38. The first kappa shape index (κ1) is 33.7. The first-order valence-electron chi connectivity index (χ1n) is 15.9. The SMILES string of the molecule is CCCC(CC(=O)[C@@H]1[C@H]2CCC[C@H]2CN1C(=O)[C@@H](CC(=O)OC(C)C)C(C)(C)C)C(=O)C(=O)C[C@@H](C)c1ccccc1. The molecule has 1 aromatic carbocycles. The van der Waals surface area contributed by atoms with E-state index >= 15 is 0 Å². The molecule has 232 valence electrons. The van der Waals surface area contributed by atoms with Crippen LogP contribution >= 0.6 is 0 Å². The third-order valence-corrected chi connectivity index (χ3v) is 9.18. The molecule has 1 aliphatic carbocycles. The molecule has 6 atom stereocenters. The second-order valence-corrected chi connectivity index (χ2v) is 13.9. The molecule has 2 fully saturated rings. The predicted molar refractivity (Wildman–Crippen MR) is 163 cm³/mol. The predicted octanol–water partition coefficient (Wildman–Crippen LogP) is 6.33. The number of ether oxygens (including phenoxy) is 1. The summed E-state index contributed by atoms with van der Waals surface area (Å²) < 4.78 is 5.38. The van der Waals surface area contributed by atoms with Gasteiger partial charge in [-0.25, -0.2) is 0 Å². The zero-order chi connectivity index (χ0) is 31.2. The van der Waals surface area contributed by atoms with Crippen molar-refractivity contribution in [1.82, 2.24) is 4.90 Å².